The molecule has 0 amide bonds. The van der Waals surface area contributed by atoms with Gasteiger partial charge in [0.25, 0.3) is 0 Å². The molecule has 24 heavy (non-hydrogen) atoms. The molecule has 0 unspecified atom stereocenters. The van der Waals surface area contributed by atoms with Crippen LogP contribution in [0.5, 0.6) is 11.5 Å². The number of hydrogen-bond acceptors (Lipinski definition) is 3. The van der Waals surface area contributed by atoms with Gasteiger partial charge in [0.05, 0.1) is 0 Å². The minimum absolute atomic E-state index is 0.0342. The molecule has 1 aromatic carbocycles. The van der Waals surface area contributed by atoms with Crippen LogP contribution >= 0.6 is 0 Å². The third-order valence-electron chi connectivity index (χ3n) is 6.90. The fourth-order valence-corrected chi connectivity index (χ4v) is 6.18. The van der Waals surface area contributed by atoms with Crippen LogP contribution < -0.4 is 5.32 Å². The molecule has 1 aliphatic heterocycles. The van der Waals surface area contributed by atoms with E-state index in [0.29, 0.717) is 5.92 Å². The maximum absolute atomic E-state index is 10.6. The molecule has 3 atom stereocenters. The van der Waals surface area contributed by atoms with Crippen molar-refractivity contribution in [1.29, 1.82) is 0 Å². The molecular weight excluding hydrogens is 298 g/mol. The van der Waals surface area contributed by atoms with Gasteiger partial charge in [-0.3, -0.25) is 0 Å². The van der Waals surface area contributed by atoms with E-state index in [4.69, 9.17) is 0 Å². The van der Waals surface area contributed by atoms with Gasteiger partial charge >= 0.3 is 0 Å². The standard InChI is InChI=1S/C21H33NO2/c1-14-11-15(23)12-16(24)18(14)21(5)9-7-17-19(2,3)22-10-6-8-20(17,4)13-21/h11-12,17,22-24H,6-10,13H2,1-5H3/t17-,20+,21+/m1/s1. The summed E-state index contributed by atoms with van der Waals surface area (Å²) in [5.41, 5.74) is 2.45. The van der Waals surface area contributed by atoms with E-state index in [1.54, 1.807) is 6.07 Å². The van der Waals surface area contributed by atoms with Crippen LogP contribution in [0.1, 0.15) is 70.9 Å². The number of rotatable bonds is 1. The molecular formula is C21H33NO2. The smallest absolute Gasteiger partial charge is 0.123 e. The second-order valence-electron chi connectivity index (χ2n) is 9.39. The SMILES string of the molecule is Cc1cc(O)cc(O)c1[C@@]1(C)CC[C@@H]2C(C)(C)NCCC[C@@]2(C)C1. The number of phenols is 2. The molecule has 3 nitrogen and oxygen atoms in total. The fraction of sp³-hybridized carbons (Fsp3) is 0.714. The minimum Gasteiger partial charge on any atom is -0.508 e. The predicted octanol–water partition coefficient (Wildman–Crippen LogP) is 4.63. The Morgan fingerprint density at radius 3 is 2.46 bits per heavy atom. The van der Waals surface area contributed by atoms with Crippen LogP contribution in [0.15, 0.2) is 12.1 Å². The maximum atomic E-state index is 10.6. The van der Waals surface area contributed by atoms with Crippen LogP contribution in [0, 0.1) is 18.3 Å². The Bertz CT molecular complexity index is 616. The third kappa shape index (κ3) is 2.81. The zero-order valence-electron chi connectivity index (χ0n) is 15.9. The lowest BCUT2D eigenvalue weighted by atomic mass is 9.52. The first-order valence-corrected chi connectivity index (χ1v) is 9.36. The van der Waals surface area contributed by atoms with Gasteiger partial charge in [-0.1, -0.05) is 13.8 Å². The molecule has 0 spiro atoms. The Hall–Kier alpha value is -1.22. The average molecular weight is 332 g/mol. The van der Waals surface area contributed by atoms with Gasteiger partial charge in [0.1, 0.15) is 11.5 Å². The molecule has 3 heteroatoms. The number of aryl methyl sites for hydroxylation is 1. The lowest BCUT2D eigenvalue weighted by molar-refractivity contribution is 0.0143. The average Bonchev–Trinajstić information content (AvgIpc) is 2.52. The van der Waals surface area contributed by atoms with Gasteiger partial charge in [0, 0.05) is 17.2 Å². The van der Waals surface area contributed by atoms with Crippen molar-refractivity contribution in [3.63, 3.8) is 0 Å². The highest BCUT2D eigenvalue weighted by molar-refractivity contribution is 5.49. The highest BCUT2D eigenvalue weighted by Gasteiger charge is 2.52. The molecule has 0 radical (unpaired) electrons. The van der Waals surface area contributed by atoms with Crippen LogP contribution in [0.2, 0.25) is 0 Å². The van der Waals surface area contributed by atoms with Gasteiger partial charge in [-0.15, -0.1) is 0 Å². The summed E-state index contributed by atoms with van der Waals surface area (Å²) in [6, 6.07) is 3.29. The highest BCUT2D eigenvalue weighted by Crippen LogP contribution is 2.58. The number of benzene rings is 1. The first-order valence-electron chi connectivity index (χ1n) is 9.36. The lowest BCUT2D eigenvalue weighted by Gasteiger charge is -2.54. The predicted molar refractivity (Wildman–Crippen MR) is 98.6 cm³/mol. The summed E-state index contributed by atoms with van der Waals surface area (Å²) in [5, 5.41) is 24.1. The van der Waals surface area contributed by atoms with Crippen LogP contribution in [0.25, 0.3) is 0 Å². The first kappa shape index (κ1) is 17.6. The molecule has 3 rings (SSSR count). The van der Waals surface area contributed by atoms with Crippen molar-refractivity contribution in [3.8, 4) is 11.5 Å². The monoisotopic (exact) mass is 331 g/mol. The van der Waals surface area contributed by atoms with Gasteiger partial charge in [0.15, 0.2) is 0 Å². The maximum Gasteiger partial charge on any atom is 0.123 e. The quantitative estimate of drug-likeness (QED) is 0.703. The van der Waals surface area contributed by atoms with Crippen molar-refractivity contribution in [1.82, 2.24) is 5.32 Å². The molecule has 1 aliphatic carbocycles. The minimum atomic E-state index is -0.0342. The second kappa shape index (κ2) is 5.66. The Morgan fingerprint density at radius 1 is 1.08 bits per heavy atom. The molecule has 1 aromatic rings. The van der Waals surface area contributed by atoms with E-state index >= 15 is 0 Å². The van der Waals surface area contributed by atoms with Gasteiger partial charge in [-0.25, -0.2) is 0 Å². The van der Waals surface area contributed by atoms with E-state index in [2.05, 4.69) is 33.0 Å². The summed E-state index contributed by atoms with van der Waals surface area (Å²) >= 11 is 0. The first-order chi connectivity index (χ1) is 11.1. The molecule has 3 N–H and O–H groups in total. The largest absolute Gasteiger partial charge is 0.508 e. The van der Waals surface area contributed by atoms with E-state index in [-0.39, 0.29) is 27.9 Å². The van der Waals surface area contributed by atoms with Crippen molar-refractivity contribution in [2.24, 2.45) is 11.3 Å². The van der Waals surface area contributed by atoms with Gasteiger partial charge in [-0.05, 0) is 87.8 Å². The Balaban J connectivity index is 2.01. The number of phenolic OH excluding ortho intramolecular Hbond substituents is 2. The molecule has 2 fully saturated rings. The number of fused-ring (bicyclic) bond motifs is 1. The van der Waals surface area contributed by atoms with E-state index < -0.39 is 0 Å². The summed E-state index contributed by atoms with van der Waals surface area (Å²) in [6.07, 6.45) is 5.80. The summed E-state index contributed by atoms with van der Waals surface area (Å²) in [7, 11) is 0. The topological polar surface area (TPSA) is 52.5 Å². The van der Waals surface area contributed by atoms with Crippen LogP contribution in [0.4, 0.5) is 0 Å². The molecule has 1 heterocycles. The number of hydrogen-bond donors (Lipinski definition) is 3. The zero-order chi connectivity index (χ0) is 17.8. The Kier molecular flexibility index (Phi) is 4.15. The van der Waals surface area contributed by atoms with Crippen molar-refractivity contribution in [2.45, 2.75) is 77.7 Å². The van der Waals surface area contributed by atoms with Crippen molar-refractivity contribution in [3.05, 3.63) is 23.3 Å². The van der Waals surface area contributed by atoms with Crippen molar-refractivity contribution < 1.29 is 10.2 Å². The summed E-state index contributed by atoms with van der Waals surface area (Å²) < 4.78 is 0. The van der Waals surface area contributed by atoms with Gasteiger partial charge in [0.2, 0.25) is 0 Å². The van der Waals surface area contributed by atoms with Crippen LogP contribution in [-0.4, -0.2) is 22.3 Å². The molecule has 1 saturated carbocycles. The van der Waals surface area contributed by atoms with Crippen LogP contribution in [-0.2, 0) is 5.41 Å². The van der Waals surface area contributed by atoms with E-state index in [9.17, 15) is 10.2 Å². The summed E-state index contributed by atoms with van der Waals surface area (Å²) in [4.78, 5) is 0. The zero-order valence-corrected chi connectivity index (χ0v) is 15.9. The van der Waals surface area contributed by atoms with E-state index in [1.807, 2.05) is 6.92 Å². The Morgan fingerprint density at radius 2 is 1.79 bits per heavy atom. The molecule has 134 valence electrons. The van der Waals surface area contributed by atoms with E-state index in [1.165, 1.54) is 25.3 Å². The Labute approximate surface area is 146 Å². The number of nitrogens with one attached hydrogen (secondary N) is 1. The van der Waals surface area contributed by atoms with Gasteiger partial charge in [-0.2, -0.15) is 0 Å². The normalized spacial score (nSPS) is 36.0. The highest BCUT2D eigenvalue weighted by atomic mass is 16.3. The van der Waals surface area contributed by atoms with Crippen molar-refractivity contribution in [2.75, 3.05) is 6.54 Å². The van der Waals surface area contributed by atoms with E-state index in [0.717, 1.165) is 30.5 Å². The van der Waals surface area contributed by atoms with Gasteiger partial charge < -0.3 is 15.5 Å². The van der Waals surface area contributed by atoms with Crippen LogP contribution in [0.3, 0.4) is 0 Å². The third-order valence-corrected chi connectivity index (χ3v) is 6.90. The lowest BCUT2D eigenvalue weighted by Crippen LogP contribution is -2.54. The summed E-state index contributed by atoms with van der Waals surface area (Å²) in [5.74, 6) is 1.06. The fourth-order valence-electron chi connectivity index (χ4n) is 6.18. The molecule has 0 bridgehead atoms. The summed E-state index contributed by atoms with van der Waals surface area (Å²) in [6.45, 7) is 12.6. The molecule has 1 saturated heterocycles. The molecule has 2 aliphatic rings. The van der Waals surface area contributed by atoms with Crippen molar-refractivity contribution >= 4 is 0 Å². The number of aromatic hydroxyl groups is 2. The molecule has 0 aromatic heterocycles. The second-order valence-corrected chi connectivity index (χ2v) is 9.39.